The molecule has 0 saturated heterocycles. The van der Waals surface area contributed by atoms with Gasteiger partial charge in [0.25, 0.3) is 0 Å². The molecule has 1 aliphatic carbocycles. The number of ether oxygens (including phenoxy) is 1. The number of alkyl carbamates (subject to hydrolysis) is 1. The van der Waals surface area contributed by atoms with Gasteiger partial charge in [-0.1, -0.05) is 48.5 Å². The number of hydrogen-bond acceptors (Lipinski definition) is 5. The smallest absolute Gasteiger partial charge is 0.407 e. The number of amides is 2. The van der Waals surface area contributed by atoms with Gasteiger partial charge in [-0.3, -0.25) is 14.3 Å². The lowest BCUT2D eigenvalue weighted by Gasteiger charge is -2.18. The Balaban J connectivity index is 1.39. The Labute approximate surface area is 196 Å². The molecule has 1 atom stereocenters. The van der Waals surface area contributed by atoms with Crippen LogP contribution in [0.4, 0.5) is 4.79 Å². The molecule has 0 spiro atoms. The largest absolute Gasteiger partial charge is 0.481 e. The summed E-state index contributed by atoms with van der Waals surface area (Å²) in [4.78, 5) is 36.4. The third-order valence-corrected chi connectivity index (χ3v) is 5.90. The quantitative estimate of drug-likeness (QED) is 0.473. The van der Waals surface area contributed by atoms with Gasteiger partial charge in [-0.2, -0.15) is 5.10 Å². The predicted octanol–water partition coefficient (Wildman–Crippen LogP) is 2.73. The highest BCUT2D eigenvalue weighted by Gasteiger charge is 2.30. The summed E-state index contributed by atoms with van der Waals surface area (Å²) in [5.41, 5.74) is 5.86. The SMILES string of the molecule is Cc1nn(C)cc1CNC(=O)C(CC(=O)O)NC(=O)OCC1c2ccccc2-c2ccccc21. The van der Waals surface area contributed by atoms with E-state index in [9.17, 15) is 19.5 Å². The van der Waals surface area contributed by atoms with Gasteiger partial charge in [0.1, 0.15) is 12.6 Å². The molecule has 176 valence electrons. The van der Waals surface area contributed by atoms with E-state index in [2.05, 4.69) is 15.7 Å². The Morgan fingerprint density at radius 2 is 1.71 bits per heavy atom. The van der Waals surface area contributed by atoms with Crippen LogP contribution in [0, 0.1) is 6.92 Å². The van der Waals surface area contributed by atoms with Crippen molar-refractivity contribution >= 4 is 18.0 Å². The number of carboxylic acids is 1. The number of benzene rings is 2. The molecule has 1 aromatic heterocycles. The Bertz CT molecular complexity index is 1190. The third-order valence-electron chi connectivity index (χ3n) is 5.90. The van der Waals surface area contributed by atoms with Crippen molar-refractivity contribution in [3.8, 4) is 11.1 Å². The van der Waals surface area contributed by atoms with E-state index < -0.39 is 30.4 Å². The number of fused-ring (bicyclic) bond motifs is 3. The van der Waals surface area contributed by atoms with Crippen LogP contribution in [0.1, 0.15) is 34.7 Å². The van der Waals surface area contributed by atoms with Crippen LogP contribution in [-0.2, 0) is 27.9 Å². The van der Waals surface area contributed by atoms with E-state index in [1.165, 1.54) is 0 Å². The fourth-order valence-electron chi connectivity index (χ4n) is 4.29. The molecule has 2 amide bonds. The minimum Gasteiger partial charge on any atom is -0.481 e. The molecule has 4 rings (SSSR count). The summed E-state index contributed by atoms with van der Waals surface area (Å²) in [6, 6.07) is 14.6. The number of aliphatic carboxylic acids is 1. The fraction of sp³-hybridized carbons (Fsp3) is 0.280. The normalized spacial score (nSPS) is 13.0. The van der Waals surface area contributed by atoms with Crippen LogP contribution >= 0.6 is 0 Å². The lowest BCUT2D eigenvalue weighted by atomic mass is 9.98. The molecule has 0 aliphatic heterocycles. The second kappa shape index (κ2) is 9.78. The maximum absolute atomic E-state index is 12.6. The summed E-state index contributed by atoms with van der Waals surface area (Å²) >= 11 is 0. The molecule has 34 heavy (non-hydrogen) atoms. The van der Waals surface area contributed by atoms with Crippen molar-refractivity contribution in [3.05, 3.63) is 77.1 Å². The number of nitrogens with one attached hydrogen (secondary N) is 2. The van der Waals surface area contributed by atoms with Crippen LogP contribution in [0.2, 0.25) is 0 Å². The first-order valence-electron chi connectivity index (χ1n) is 10.9. The van der Waals surface area contributed by atoms with Gasteiger partial charge in [0.2, 0.25) is 5.91 Å². The van der Waals surface area contributed by atoms with E-state index in [0.29, 0.717) is 0 Å². The summed E-state index contributed by atoms with van der Waals surface area (Å²) in [6.07, 6.45) is 0.351. The molecule has 9 nitrogen and oxygen atoms in total. The van der Waals surface area contributed by atoms with Crippen LogP contribution in [0.5, 0.6) is 0 Å². The highest BCUT2D eigenvalue weighted by molar-refractivity contribution is 5.89. The first-order chi connectivity index (χ1) is 16.3. The Morgan fingerprint density at radius 1 is 1.09 bits per heavy atom. The Morgan fingerprint density at radius 3 is 2.26 bits per heavy atom. The molecule has 0 saturated carbocycles. The van der Waals surface area contributed by atoms with Crippen molar-refractivity contribution in [1.82, 2.24) is 20.4 Å². The number of carboxylic acid groups (broad SMARTS) is 1. The van der Waals surface area contributed by atoms with Crippen molar-refractivity contribution < 1.29 is 24.2 Å². The lowest BCUT2D eigenvalue weighted by Crippen LogP contribution is -2.48. The molecule has 2 aromatic carbocycles. The van der Waals surface area contributed by atoms with Gasteiger partial charge >= 0.3 is 12.1 Å². The molecular weight excluding hydrogens is 436 g/mol. The number of hydrogen-bond donors (Lipinski definition) is 3. The zero-order valence-electron chi connectivity index (χ0n) is 18.9. The number of aryl methyl sites for hydroxylation is 2. The second-order valence-corrected chi connectivity index (χ2v) is 8.25. The van der Waals surface area contributed by atoms with Gasteiger partial charge < -0.3 is 20.5 Å². The Hall–Kier alpha value is -4.14. The highest BCUT2D eigenvalue weighted by atomic mass is 16.5. The first-order valence-corrected chi connectivity index (χ1v) is 10.9. The topological polar surface area (TPSA) is 123 Å². The zero-order valence-corrected chi connectivity index (χ0v) is 18.9. The molecule has 0 radical (unpaired) electrons. The van der Waals surface area contributed by atoms with Gasteiger partial charge in [0.15, 0.2) is 0 Å². The number of aromatic nitrogens is 2. The van der Waals surface area contributed by atoms with Crippen LogP contribution in [0.15, 0.2) is 54.7 Å². The van der Waals surface area contributed by atoms with Crippen LogP contribution < -0.4 is 10.6 Å². The maximum Gasteiger partial charge on any atom is 0.407 e. The summed E-state index contributed by atoms with van der Waals surface area (Å²) in [5, 5.41) is 18.5. The summed E-state index contributed by atoms with van der Waals surface area (Å²) in [5.74, 6) is -1.96. The second-order valence-electron chi connectivity index (χ2n) is 8.25. The minimum absolute atomic E-state index is 0.0656. The van der Waals surface area contributed by atoms with Crippen molar-refractivity contribution in [3.63, 3.8) is 0 Å². The molecule has 0 fully saturated rings. The van der Waals surface area contributed by atoms with Crippen LogP contribution in [0.25, 0.3) is 11.1 Å². The molecule has 1 heterocycles. The molecule has 9 heteroatoms. The van der Waals surface area contributed by atoms with Crippen molar-refractivity contribution in [2.24, 2.45) is 7.05 Å². The number of carbonyl (C=O) groups is 3. The highest BCUT2D eigenvalue weighted by Crippen LogP contribution is 2.44. The average Bonchev–Trinajstić information content (AvgIpc) is 3.31. The number of nitrogens with zero attached hydrogens (tertiary/aromatic N) is 2. The van der Waals surface area contributed by atoms with Crippen molar-refractivity contribution in [1.29, 1.82) is 0 Å². The van der Waals surface area contributed by atoms with Crippen molar-refractivity contribution in [2.75, 3.05) is 6.61 Å². The Kier molecular flexibility index (Phi) is 6.62. The minimum atomic E-state index is -1.27. The fourth-order valence-corrected chi connectivity index (χ4v) is 4.29. The summed E-state index contributed by atoms with van der Waals surface area (Å²) in [6.45, 7) is 2.04. The number of carbonyl (C=O) groups excluding carboxylic acids is 2. The van der Waals surface area contributed by atoms with Gasteiger partial charge in [-0.05, 0) is 29.2 Å². The van der Waals surface area contributed by atoms with E-state index in [1.807, 2.05) is 55.5 Å². The molecule has 3 aromatic rings. The molecular formula is C25H26N4O5. The van der Waals surface area contributed by atoms with E-state index in [0.717, 1.165) is 33.5 Å². The van der Waals surface area contributed by atoms with Gasteiger partial charge in [0.05, 0.1) is 12.1 Å². The van der Waals surface area contributed by atoms with Gasteiger partial charge in [0, 0.05) is 31.3 Å². The average molecular weight is 463 g/mol. The molecule has 3 N–H and O–H groups in total. The van der Waals surface area contributed by atoms with Gasteiger partial charge in [-0.25, -0.2) is 4.79 Å². The molecule has 1 aliphatic rings. The van der Waals surface area contributed by atoms with E-state index in [-0.39, 0.29) is 19.1 Å². The maximum atomic E-state index is 12.6. The summed E-state index contributed by atoms with van der Waals surface area (Å²) < 4.78 is 7.08. The van der Waals surface area contributed by atoms with Crippen molar-refractivity contribution in [2.45, 2.75) is 31.8 Å². The van der Waals surface area contributed by atoms with Crippen LogP contribution in [0.3, 0.4) is 0 Å². The summed E-state index contributed by atoms with van der Waals surface area (Å²) in [7, 11) is 1.77. The molecule has 0 bridgehead atoms. The predicted molar refractivity (Wildman–Crippen MR) is 124 cm³/mol. The monoisotopic (exact) mass is 462 g/mol. The molecule has 1 unspecified atom stereocenters. The third kappa shape index (κ3) is 4.93. The lowest BCUT2D eigenvalue weighted by molar-refractivity contribution is -0.139. The standard InChI is InChI=1S/C25H26N4O5/c1-15-16(13-29(2)28-15)12-26-24(32)22(11-23(30)31)27-25(33)34-14-21-19-9-5-3-7-17(19)18-8-4-6-10-20(18)21/h3-10,13,21-22H,11-12,14H2,1-2H3,(H,26,32)(H,27,33)(H,30,31). The zero-order chi connectivity index (χ0) is 24.2. The van der Waals surface area contributed by atoms with E-state index in [4.69, 9.17) is 4.74 Å². The van der Waals surface area contributed by atoms with E-state index in [1.54, 1.807) is 17.9 Å². The first kappa shape index (κ1) is 23.0. The van der Waals surface area contributed by atoms with Gasteiger partial charge in [-0.15, -0.1) is 0 Å². The van der Waals surface area contributed by atoms with E-state index >= 15 is 0 Å². The number of rotatable bonds is 8. The van der Waals surface area contributed by atoms with Crippen LogP contribution in [-0.4, -0.2) is 45.5 Å².